The van der Waals surface area contributed by atoms with E-state index in [4.69, 9.17) is 14.5 Å². The number of likely N-dealkylation sites (tertiary alicyclic amines) is 1. The van der Waals surface area contributed by atoms with Crippen LogP contribution in [0.4, 0.5) is 26.9 Å². The van der Waals surface area contributed by atoms with Gasteiger partial charge in [0.25, 0.3) is 0 Å². The molecule has 12 nitrogen and oxygen atoms in total. The molecule has 2 amide bonds. The first-order valence-electron chi connectivity index (χ1n) is 16.2. The molecule has 1 saturated heterocycles. The van der Waals surface area contributed by atoms with Crippen LogP contribution in [0.25, 0.3) is 5.65 Å². The highest BCUT2D eigenvalue weighted by atomic mass is 16.6. The molecule has 2 aromatic heterocycles. The third-order valence-corrected chi connectivity index (χ3v) is 8.14. The normalized spacial score (nSPS) is 18.3. The predicted molar refractivity (Wildman–Crippen MR) is 179 cm³/mol. The van der Waals surface area contributed by atoms with Crippen molar-refractivity contribution in [3.8, 4) is 0 Å². The molecular formula is C34H49N7O5. The molecule has 0 aliphatic carbocycles. The van der Waals surface area contributed by atoms with Gasteiger partial charge in [0.2, 0.25) is 0 Å². The summed E-state index contributed by atoms with van der Waals surface area (Å²) in [6, 6.07) is 8.05. The molecule has 0 spiro atoms. The number of carbonyl (C=O) groups excluding carboxylic acids is 2. The summed E-state index contributed by atoms with van der Waals surface area (Å²) in [5.74, 6) is 1.10. The van der Waals surface area contributed by atoms with Crippen molar-refractivity contribution in [2.45, 2.75) is 98.0 Å². The largest absolute Gasteiger partial charge is 0.444 e. The molecule has 4 heterocycles. The number of ether oxygens (including phenoxy) is 2. The molecule has 0 bridgehead atoms. The van der Waals surface area contributed by atoms with Gasteiger partial charge in [-0.2, -0.15) is 9.61 Å². The maximum atomic E-state index is 13.8. The van der Waals surface area contributed by atoms with Crippen LogP contribution in [-0.2, 0) is 22.4 Å². The number of hydrogen-bond donors (Lipinski definition) is 3. The molecule has 46 heavy (non-hydrogen) atoms. The van der Waals surface area contributed by atoms with Crippen LogP contribution in [-0.4, -0.2) is 80.3 Å². The molecule has 1 aromatic carbocycles. The number of aliphatic hydroxyl groups excluding tert-OH is 1. The Morgan fingerprint density at radius 2 is 1.87 bits per heavy atom. The van der Waals surface area contributed by atoms with Crippen molar-refractivity contribution in [2.24, 2.45) is 5.92 Å². The van der Waals surface area contributed by atoms with Gasteiger partial charge in [0, 0.05) is 42.9 Å². The molecule has 2 atom stereocenters. The van der Waals surface area contributed by atoms with Crippen LogP contribution in [0.1, 0.15) is 84.4 Å². The number of amides is 2. The van der Waals surface area contributed by atoms with Crippen LogP contribution in [0.2, 0.25) is 0 Å². The Bertz CT molecular complexity index is 1570. The topological polar surface area (TPSA) is 134 Å². The van der Waals surface area contributed by atoms with Crippen molar-refractivity contribution < 1.29 is 24.2 Å². The fourth-order valence-electron chi connectivity index (χ4n) is 5.78. The molecule has 1 fully saturated rings. The van der Waals surface area contributed by atoms with Gasteiger partial charge in [-0.3, -0.25) is 4.90 Å². The lowest BCUT2D eigenvalue weighted by atomic mass is 9.94. The second kappa shape index (κ2) is 13.0. The first kappa shape index (κ1) is 33.3. The number of benzene rings is 1. The highest BCUT2D eigenvalue weighted by Crippen LogP contribution is 2.31. The first-order valence-corrected chi connectivity index (χ1v) is 16.2. The number of fused-ring (bicyclic) bond motifs is 2. The molecule has 3 aromatic rings. The minimum Gasteiger partial charge on any atom is -0.444 e. The predicted octanol–water partition coefficient (Wildman–Crippen LogP) is 5.79. The lowest BCUT2D eigenvalue weighted by Crippen LogP contribution is -2.49. The molecular weight excluding hydrogens is 586 g/mol. The minimum atomic E-state index is -0.732. The molecule has 2 aliphatic rings. The van der Waals surface area contributed by atoms with E-state index in [1.165, 1.54) is 5.56 Å². The number of nitrogens with zero attached hydrogens (tertiary/aromatic N) is 5. The van der Waals surface area contributed by atoms with Gasteiger partial charge >= 0.3 is 12.2 Å². The number of hydrogen-bond acceptors (Lipinski definition) is 9. The van der Waals surface area contributed by atoms with Crippen LogP contribution in [0.3, 0.4) is 0 Å². The SMILES string of the molecule is CC(C)c1cnn2c(N(Cc3ccc4c(c3)NCC4)C(=O)OC(C)(C)C)cc(NC[C@H]3CCN(C(=O)OC(C)(C)C)C[C@@H]3O)nc12. The van der Waals surface area contributed by atoms with Crippen molar-refractivity contribution in [3.05, 3.63) is 47.2 Å². The average molecular weight is 636 g/mol. The van der Waals surface area contributed by atoms with E-state index in [0.29, 0.717) is 36.8 Å². The van der Waals surface area contributed by atoms with Crippen molar-refractivity contribution in [3.63, 3.8) is 0 Å². The molecule has 12 heteroatoms. The van der Waals surface area contributed by atoms with E-state index in [1.807, 2.05) is 47.6 Å². The van der Waals surface area contributed by atoms with Crippen LogP contribution in [0.5, 0.6) is 0 Å². The zero-order valence-electron chi connectivity index (χ0n) is 28.4. The van der Waals surface area contributed by atoms with E-state index in [-0.39, 0.29) is 24.9 Å². The number of piperidine rings is 1. The highest BCUT2D eigenvalue weighted by molar-refractivity contribution is 5.88. The van der Waals surface area contributed by atoms with Crippen LogP contribution >= 0.6 is 0 Å². The number of aliphatic hydroxyl groups is 1. The maximum absolute atomic E-state index is 13.8. The monoisotopic (exact) mass is 635 g/mol. The van der Waals surface area contributed by atoms with E-state index in [1.54, 1.807) is 20.5 Å². The fraction of sp³-hybridized carbons (Fsp3) is 0.588. The number of β-amino-alcohol motifs (C(OH)–C–C–N with tert-alkyl or cyclic N) is 1. The van der Waals surface area contributed by atoms with Crippen molar-refractivity contribution in [2.75, 3.05) is 41.7 Å². The first-order chi connectivity index (χ1) is 21.6. The summed E-state index contributed by atoms with van der Waals surface area (Å²) in [5.41, 5.74) is 3.57. The van der Waals surface area contributed by atoms with E-state index in [9.17, 15) is 14.7 Å². The zero-order valence-corrected chi connectivity index (χ0v) is 28.4. The second-order valence-electron chi connectivity index (χ2n) is 14.6. The van der Waals surface area contributed by atoms with Gasteiger partial charge < -0.3 is 30.1 Å². The molecule has 0 saturated carbocycles. The number of nitrogens with one attached hydrogen (secondary N) is 2. The van der Waals surface area contributed by atoms with Crippen molar-refractivity contribution in [1.29, 1.82) is 0 Å². The van der Waals surface area contributed by atoms with Crippen LogP contribution < -0.4 is 15.5 Å². The Kier molecular flexibility index (Phi) is 9.40. The van der Waals surface area contributed by atoms with Crippen molar-refractivity contribution in [1.82, 2.24) is 19.5 Å². The maximum Gasteiger partial charge on any atom is 0.416 e. The van der Waals surface area contributed by atoms with Gasteiger partial charge in [0.1, 0.15) is 22.8 Å². The highest BCUT2D eigenvalue weighted by Gasteiger charge is 2.33. The molecule has 3 N–H and O–H groups in total. The van der Waals surface area contributed by atoms with E-state index < -0.39 is 29.5 Å². The zero-order chi connectivity index (χ0) is 33.4. The standard InChI is InChI=1S/C34H49N7O5/c1-21(2)25-18-37-41-29(40(32(44)46-34(6,7)8)19-22-9-10-23-11-13-35-26(23)15-22)16-28(38-30(25)41)36-17-24-12-14-39(20-27(24)42)31(43)45-33(3,4)5/h9-10,15-16,18,21,24,27,35,42H,11-14,17,19-20H2,1-8H3,(H,36,38)/t24-,27+/m1/s1. The van der Waals surface area contributed by atoms with Gasteiger partial charge in [-0.1, -0.05) is 26.0 Å². The Balaban J connectivity index is 1.43. The second-order valence-corrected chi connectivity index (χ2v) is 14.6. The van der Waals surface area contributed by atoms with E-state index in [0.717, 1.165) is 29.8 Å². The average Bonchev–Trinajstić information content (AvgIpc) is 3.60. The minimum absolute atomic E-state index is 0.115. The molecule has 2 aliphatic heterocycles. The van der Waals surface area contributed by atoms with Gasteiger partial charge in [-0.05, 0) is 77.5 Å². The van der Waals surface area contributed by atoms with E-state index >= 15 is 0 Å². The summed E-state index contributed by atoms with van der Waals surface area (Å²) in [7, 11) is 0. The van der Waals surface area contributed by atoms with Gasteiger partial charge in [0.15, 0.2) is 5.65 Å². The lowest BCUT2D eigenvalue weighted by molar-refractivity contribution is -0.0104. The molecule has 5 rings (SSSR count). The fourth-order valence-corrected chi connectivity index (χ4v) is 5.78. The molecule has 250 valence electrons. The van der Waals surface area contributed by atoms with Gasteiger partial charge in [-0.15, -0.1) is 0 Å². The Morgan fingerprint density at radius 3 is 2.54 bits per heavy atom. The van der Waals surface area contributed by atoms with E-state index in [2.05, 4.69) is 47.8 Å². The summed E-state index contributed by atoms with van der Waals surface area (Å²) in [5, 5.41) is 22.5. The third kappa shape index (κ3) is 7.83. The summed E-state index contributed by atoms with van der Waals surface area (Å²) >= 11 is 0. The van der Waals surface area contributed by atoms with Gasteiger partial charge in [-0.25, -0.2) is 14.6 Å². The summed E-state index contributed by atoms with van der Waals surface area (Å²) in [6.45, 7) is 17.5. The summed E-state index contributed by atoms with van der Waals surface area (Å²) in [4.78, 5) is 34.5. The quantitative estimate of drug-likeness (QED) is 0.295. The third-order valence-electron chi connectivity index (χ3n) is 8.14. The number of aromatic nitrogens is 3. The van der Waals surface area contributed by atoms with Crippen molar-refractivity contribution >= 4 is 35.2 Å². The number of anilines is 3. The lowest BCUT2D eigenvalue weighted by Gasteiger charge is -2.36. The molecule has 0 unspecified atom stereocenters. The Labute approximate surface area is 271 Å². The summed E-state index contributed by atoms with van der Waals surface area (Å²) < 4.78 is 13.1. The molecule has 0 radical (unpaired) electrons. The summed E-state index contributed by atoms with van der Waals surface area (Å²) in [6.07, 6.45) is 1.73. The van der Waals surface area contributed by atoms with Crippen LogP contribution in [0, 0.1) is 5.92 Å². The number of rotatable bonds is 7. The van der Waals surface area contributed by atoms with Gasteiger partial charge in [0.05, 0.1) is 25.4 Å². The number of carbonyl (C=O) groups is 2. The Hall–Kier alpha value is -4.06. The Morgan fingerprint density at radius 1 is 1.13 bits per heavy atom. The van der Waals surface area contributed by atoms with Crippen LogP contribution in [0.15, 0.2) is 30.5 Å². The smallest absolute Gasteiger partial charge is 0.416 e.